The molecule has 0 fully saturated rings. The van der Waals surface area contributed by atoms with Crippen LogP contribution in [0, 0.1) is 0 Å². The Labute approximate surface area is 120 Å². The zero-order valence-corrected chi connectivity index (χ0v) is 13.4. The number of aromatic nitrogens is 1. The molecule has 0 unspecified atom stereocenters. The summed E-state index contributed by atoms with van der Waals surface area (Å²) in [4.78, 5) is 6.40. The number of halogens is 1. The van der Waals surface area contributed by atoms with Gasteiger partial charge in [-0.1, -0.05) is 13.8 Å². The molecule has 0 aliphatic carbocycles. The van der Waals surface area contributed by atoms with Crippen molar-refractivity contribution in [2.24, 2.45) is 0 Å². The maximum atomic E-state index is 11.2. The molecule has 6 heteroatoms. The molecule has 0 aliphatic heterocycles. The minimum Gasteiger partial charge on any atom is -0.359 e. The summed E-state index contributed by atoms with van der Waals surface area (Å²) in [6.07, 6.45) is 1.24. The van der Waals surface area contributed by atoms with Crippen molar-refractivity contribution in [2.45, 2.75) is 25.6 Å². The molecule has 1 rings (SSSR count). The van der Waals surface area contributed by atoms with Crippen LogP contribution in [-0.2, 0) is 15.7 Å². The molecule has 1 heterocycles. The Morgan fingerprint density at radius 3 is 2.47 bits per heavy atom. The summed E-state index contributed by atoms with van der Waals surface area (Å²) in [5.74, 6) is 1.62. The number of anilines is 1. The summed E-state index contributed by atoms with van der Waals surface area (Å²) in [6, 6.07) is 3.90. The molecule has 0 N–H and O–H groups in total. The maximum Gasteiger partial charge on any atom is 0.149 e. The Morgan fingerprint density at radius 2 is 2.00 bits per heavy atom. The Hall–Kier alpha value is -0.810. The minimum absolute atomic E-state index is 0.118. The van der Waals surface area contributed by atoms with E-state index in [1.165, 1.54) is 6.26 Å². The first kappa shape index (κ1) is 16.2. The average Bonchev–Trinajstić information content (AvgIpc) is 2.34. The van der Waals surface area contributed by atoms with Gasteiger partial charge in [0.1, 0.15) is 15.7 Å². The Bertz CT molecular complexity index is 529. The molecule has 0 aromatic carbocycles. The third-order valence-corrected chi connectivity index (χ3v) is 4.06. The third kappa shape index (κ3) is 5.37. The molecule has 0 spiro atoms. The maximum absolute atomic E-state index is 11.2. The van der Waals surface area contributed by atoms with Gasteiger partial charge in [-0.05, 0) is 23.6 Å². The van der Waals surface area contributed by atoms with Gasteiger partial charge in [0.05, 0.1) is 5.75 Å². The van der Waals surface area contributed by atoms with Crippen LogP contribution in [0.15, 0.2) is 12.1 Å². The van der Waals surface area contributed by atoms with Crippen LogP contribution in [0.1, 0.15) is 31.0 Å². The lowest BCUT2D eigenvalue weighted by molar-refractivity contribution is 0.601. The van der Waals surface area contributed by atoms with E-state index >= 15 is 0 Å². The Kier molecular flexibility index (Phi) is 5.62. The molecule has 0 atom stereocenters. The number of hydrogen-bond acceptors (Lipinski definition) is 4. The van der Waals surface area contributed by atoms with E-state index in [2.05, 4.69) is 18.8 Å². The average molecular weight is 305 g/mol. The topological polar surface area (TPSA) is 50.3 Å². The second-order valence-corrected chi connectivity index (χ2v) is 7.63. The number of hydrogen-bond donors (Lipinski definition) is 0. The summed E-state index contributed by atoms with van der Waals surface area (Å²) in [5.41, 5.74) is 1.97. The van der Waals surface area contributed by atoms with Crippen molar-refractivity contribution in [2.75, 3.05) is 30.5 Å². The van der Waals surface area contributed by atoms with Gasteiger partial charge >= 0.3 is 0 Å². The Balaban J connectivity index is 2.95. The lowest BCUT2D eigenvalue weighted by atomic mass is 10.1. The number of nitrogens with zero attached hydrogens (tertiary/aromatic N) is 2. The van der Waals surface area contributed by atoms with Crippen molar-refractivity contribution in [3.63, 3.8) is 0 Å². The zero-order chi connectivity index (χ0) is 14.6. The molecule has 0 saturated carbocycles. The van der Waals surface area contributed by atoms with E-state index in [-0.39, 0.29) is 5.75 Å². The molecule has 19 heavy (non-hydrogen) atoms. The van der Waals surface area contributed by atoms with E-state index in [4.69, 9.17) is 11.6 Å². The van der Waals surface area contributed by atoms with Crippen LogP contribution in [0.4, 0.5) is 5.82 Å². The highest BCUT2D eigenvalue weighted by atomic mass is 35.5. The van der Waals surface area contributed by atoms with Gasteiger partial charge in [0, 0.05) is 31.4 Å². The summed E-state index contributed by atoms with van der Waals surface area (Å²) < 4.78 is 22.4. The number of sulfone groups is 1. The summed E-state index contributed by atoms with van der Waals surface area (Å²) >= 11 is 5.89. The molecule has 0 bridgehead atoms. The fourth-order valence-corrected chi connectivity index (χ4v) is 2.34. The normalized spacial score (nSPS) is 11.9. The monoisotopic (exact) mass is 304 g/mol. The predicted octanol–water partition coefficient (Wildman–Crippen LogP) is 2.42. The van der Waals surface area contributed by atoms with E-state index in [0.29, 0.717) is 18.3 Å². The first-order chi connectivity index (χ1) is 8.73. The second kappa shape index (κ2) is 6.57. The van der Waals surface area contributed by atoms with Crippen molar-refractivity contribution in [1.82, 2.24) is 4.98 Å². The fraction of sp³-hybridized carbons (Fsp3) is 0.615. The van der Waals surface area contributed by atoms with Gasteiger partial charge in [-0.15, -0.1) is 11.6 Å². The van der Waals surface area contributed by atoms with Crippen LogP contribution in [0.3, 0.4) is 0 Å². The molecule has 0 saturated heterocycles. The van der Waals surface area contributed by atoms with Gasteiger partial charge in [-0.25, -0.2) is 13.4 Å². The minimum atomic E-state index is -2.96. The Morgan fingerprint density at radius 1 is 1.37 bits per heavy atom. The van der Waals surface area contributed by atoms with E-state index in [0.717, 1.165) is 17.1 Å². The molecule has 0 aliphatic rings. The summed E-state index contributed by atoms with van der Waals surface area (Å²) in [6.45, 7) is 4.57. The summed E-state index contributed by atoms with van der Waals surface area (Å²) in [5, 5.41) is 0. The van der Waals surface area contributed by atoms with Gasteiger partial charge in [0.2, 0.25) is 0 Å². The smallest absolute Gasteiger partial charge is 0.149 e. The van der Waals surface area contributed by atoms with E-state index in [1.54, 1.807) is 0 Å². The molecule has 108 valence electrons. The molecular formula is C13H21ClN2O2S. The molecule has 0 amide bonds. The summed E-state index contributed by atoms with van der Waals surface area (Å²) in [7, 11) is -1.12. The fourth-order valence-electron chi connectivity index (χ4n) is 1.58. The second-order valence-electron chi connectivity index (χ2n) is 5.10. The van der Waals surface area contributed by atoms with Gasteiger partial charge in [-0.2, -0.15) is 0 Å². The van der Waals surface area contributed by atoms with Gasteiger partial charge < -0.3 is 4.90 Å². The standard InChI is InChI=1S/C13H21ClN2O2S/c1-10(2)12-7-11(9-14)8-13(15-12)16(3)5-6-19(4,17)18/h7-8,10H,5-6,9H2,1-4H3. The first-order valence-corrected chi connectivity index (χ1v) is 8.78. The molecule has 1 aromatic heterocycles. The number of alkyl halides is 1. The quantitative estimate of drug-likeness (QED) is 0.757. The number of rotatable bonds is 6. The van der Waals surface area contributed by atoms with Crippen LogP contribution in [0.5, 0.6) is 0 Å². The van der Waals surface area contributed by atoms with Crippen molar-refractivity contribution >= 4 is 27.3 Å². The van der Waals surface area contributed by atoms with Gasteiger partial charge in [0.15, 0.2) is 0 Å². The van der Waals surface area contributed by atoms with Gasteiger partial charge in [-0.3, -0.25) is 0 Å². The van der Waals surface area contributed by atoms with Crippen LogP contribution in [0.2, 0.25) is 0 Å². The van der Waals surface area contributed by atoms with Crippen molar-refractivity contribution in [3.05, 3.63) is 23.4 Å². The van der Waals surface area contributed by atoms with Crippen molar-refractivity contribution < 1.29 is 8.42 Å². The number of pyridine rings is 1. The lowest BCUT2D eigenvalue weighted by Gasteiger charge is -2.20. The highest BCUT2D eigenvalue weighted by molar-refractivity contribution is 7.90. The van der Waals surface area contributed by atoms with Crippen molar-refractivity contribution in [1.29, 1.82) is 0 Å². The van der Waals surface area contributed by atoms with E-state index in [9.17, 15) is 8.42 Å². The highest BCUT2D eigenvalue weighted by Gasteiger charge is 2.11. The van der Waals surface area contributed by atoms with E-state index in [1.807, 2.05) is 24.1 Å². The molecule has 4 nitrogen and oxygen atoms in total. The SMILES string of the molecule is CC(C)c1cc(CCl)cc(N(C)CCS(C)(=O)=O)n1. The van der Waals surface area contributed by atoms with Crippen LogP contribution >= 0.6 is 11.6 Å². The largest absolute Gasteiger partial charge is 0.359 e. The lowest BCUT2D eigenvalue weighted by Crippen LogP contribution is -2.26. The van der Waals surface area contributed by atoms with Gasteiger partial charge in [0.25, 0.3) is 0 Å². The first-order valence-electron chi connectivity index (χ1n) is 6.18. The molecule has 1 aromatic rings. The molecular weight excluding hydrogens is 284 g/mol. The van der Waals surface area contributed by atoms with Crippen LogP contribution in [0.25, 0.3) is 0 Å². The predicted molar refractivity (Wildman–Crippen MR) is 80.9 cm³/mol. The van der Waals surface area contributed by atoms with Crippen LogP contribution in [-0.4, -0.2) is 39.0 Å². The van der Waals surface area contributed by atoms with E-state index < -0.39 is 9.84 Å². The molecule has 0 radical (unpaired) electrons. The highest BCUT2D eigenvalue weighted by Crippen LogP contribution is 2.20. The third-order valence-electron chi connectivity index (χ3n) is 2.83. The van der Waals surface area contributed by atoms with Crippen LogP contribution < -0.4 is 4.90 Å². The van der Waals surface area contributed by atoms with Crippen molar-refractivity contribution in [3.8, 4) is 0 Å². The zero-order valence-electron chi connectivity index (χ0n) is 11.9.